The van der Waals surface area contributed by atoms with Crippen molar-refractivity contribution < 1.29 is 0 Å². The van der Waals surface area contributed by atoms with Gasteiger partial charge in [0.05, 0.1) is 11.4 Å². The molecule has 0 fully saturated rings. The summed E-state index contributed by atoms with van der Waals surface area (Å²) < 4.78 is 0. The Morgan fingerprint density at radius 3 is 1.48 bits per heavy atom. The molecule has 1 aliphatic carbocycles. The third-order valence-corrected chi connectivity index (χ3v) is 5.91. The van der Waals surface area contributed by atoms with Crippen LogP contribution in [0.25, 0.3) is 23.0 Å². The summed E-state index contributed by atoms with van der Waals surface area (Å²) in [5.74, 6) is 0. The average molecular weight is 424 g/mol. The van der Waals surface area contributed by atoms with Gasteiger partial charge in [-0.15, -0.1) is 0 Å². The highest BCUT2D eigenvalue weighted by molar-refractivity contribution is 6.04. The highest BCUT2D eigenvalue weighted by atomic mass is 15.1. The first kappa shape index (κ1) is 19.2. The Balaban J connectivity index is 1.41. The van der Waals surface area contributed by atoms with Crippen molar-refractivity contribution in [2.45, 2.75) is 0 Å². The smallest absolute Gasteiger partial charge is 0.0971 e. The van der Waals surface area contributed by atoms with Gasteiger partial charge in [-0.2, -0.15) is 0 Å². The van der Waals surface area contributed by atoms with E-state index in [0.29, 0.717) is 0 Å². The summed E-state index contributed by atoms with van der Waals surface area (Å²) in [7, 11) is 0. The van der Waals surface area contributed by atoms with E-state index in [1.54, 1.807) is 0 Å². The molecule has 0 bridgehead atoms. The predicted molar refractivity (Wildman–Crippen MR) is 136 cm³/mol. The molecule has 3 aromatic carbocycles. The zero-order valence-electron chi connectivity index (χ0n) is 18.0. The molecule has 5 aromatic rings. The lowest BCUT2D eigenvalue weighted by molar-refractivity contribution is 1.26. The molecule has 3 heteroatoms. The molecule has 33 heavy (non-hydrogen) atoms. The average Bonchev–Trinajstić information content (AvgIpc) is 3.20. The van der Waals surface area contributed by atoms with Crippen molar-refractivity contribution in [3.63, 3.8) is 0 Å². The number of benzene rings is 3. The van der Waals surface area contributed by atoms with E-state index in [0.717, 1.165) is 50.7 Å². The number of pyridine rings is 2. The maximum atomic E-state index is 4.59. The fourth-order valence-corrected chi connectivity index (χ4v) is 4.41. The van der Waals surface area contributed by atoms with Gasteiger partial charge in [-0.25, -0.2) is 0 Å². The highest BCUT2D eigenvalue weighted by Crippen LogP contribution is 2.42. The van der Waals surface area contributed by atoms with Crippen LogP contribution in [0, 0.1) is 0 Å². The summed E-state index contributed by atoms with van der Waals surface area (Å²) >= 11 is 0. The zero-order valence-corrected chi connectivity index (χ0v) is 18.0. The lowest BCUT2D eigenvalue weighted by Gasteiger charge is -2.25. The standard InChI is InChI=1S/C30H21N3/c1-3-9-23(10-4-1)33(24-11-5-2-6-12-24)25-17-15-22(16-18-25)21-28-26-13-7-19-31-29(26)30-27(28)14-8-20-32-30/h1-21H. The van der Waals surface area contributed by atoms with E-state index >= 15 is 0 Å². The van der Waals surface area contributed by atoms with Crippen molar-refractivity contribution in [2.24, 2.45) is 0 Å². The molecule has 2 aromatic heterocycles. The first-order valence-electron chi connectivity index (χ1n) is 11.0. The summed E-state index contributed by atoms with van der Waals surface area (Å²) in [5.41, 5.74) is 9.85. The van der Waals surface area contributed by atoms with Crippen LogP contribution in [-0.2, 0) is 0 Å². The zero-order chi connectivity index (χ0) is 22.0. The first-order valence-corrected chi connectivity index (χ1v) is 11.0. The number of para-hydroxylation sites is 2. The Kier molecular flexibility index (Phi) is 4.78. The molecule has 0 amide bonds. The van der Waals surface area contributed by atoms with Crippen LogP contribution in [0.2, 0.25) is 0 Å². The van der Waals surface area contributed by atoms with Crippen LogP contribution in [0.15, 0.2) is 122 Å². The van der Waals surface area contributed by atoms with E-state index in [1.165, 1.54) is 0 Å². The van der Waals surface area contributed by atoms with E-state index in [4.69, 9.17) is 0 Å². The van der Waals surface area contributed by atoms with Gasteiger partial charge in [-0.1, -0.05) is 60.7 Å². The summed E-state index contributed by atoms with van der Waals surface area (Å²) in [6.45, 7) is 0. The molecular weight excluding hydrogens is 402 g/mol. The molecule has 0 atom stereocenters. The minimum Gasteiger partial charge on any atom is -0.311 e. The number of nitrogens with zero attached hydrogens (tertiary/aromatic N) is 3. The lowest BCUT2D eigenvalue weighted by atomic mass is 10.0. The van der Waals surface area contributed by atoms with E-state index < -0.39 is 0 Å². The lowest BCUT2D eigenvalue weighted by Crippen LogP contribution is -2.09. The van der Waals surface area contributed by atoms with Crippen LogP contribution < -0.4 is 4.90 Å². The number of fused-ring (bicyclic) bond motifs is 3. The predicted octanol–water partition coefficient (Wildman–Crippen LogP) is 7.52. The summed E-state index contributed by atoms with van der Waals surface area (Å²) in [6, 6.07) is 37.8. The van der Waals surface area contributed by atoms with Crippen molar-refractivity contribution in [1.29, 1.82) is 0 Å². The second-order valence-electron chi connectivity index (χ2n) is 7.96. The Bertz CT molecular complexity index is 1350. The van der Waals surface area contributed by atoms with Crippen LogP contribution in [-0.4, -0.2) is 9.97 Å². The van der Waals surface area contributed by atoms with Crippen molar-refractivity contribution in [1.82, 2.24) is 9.97 Å². The molecule has 0 unspecified atom stereocenters. The molecule has 0 saturated heterocycles. The maximum absolute atomic E-state index is 4.59. The number of hydrogen-bond donors (Lipinski definition) is 0. The summed E-state index contributed by atoms with van der Waals surface area (Å²) in [4.78, 5) is 11.4. The fraction of sp³-hybridized carbons (Fsp3) is 0. The van der Waals surface area contributed by atoms with Crippen molar-refractivity contribution in [3.8, 4) is 11.4 Å². The Morgan fingerprint density at radius 2 is 0.970 bits per heavy atom. The quantitative estimate of drug-likeness (QED) is 0.294. The van der Waals surface area contributed by atoms with Gasteiger partial charge in [0.2, 0.25) is 0 Å². The van der Waals surface area contributed by atoms with Crippen LogP contribution in [0.4, 0.5) is 17.1 Å². The van der Waals surface area contributed by atoms with Gasteiger partial charge in [0.15, 0.2) is 0 Å². The van der Waals surface area contributed by atoms with Crippen LogP contribution in [0.1, 0.15) is 16.7 Å². The van der Waals surface area contributed by atoms with E-state index in [2.05, 4.69) is 106 Å². The SMILES string of the molecule is C(=C1c2cccnc2-c2ncccc21)c1ccc(N(c2ccccc2)c2ccccc2)cc1. The highest BCUT2D eigenvalue weighted by Gasteiger charge is 2.25. The minimum absolute atomic E-state index is 0.954. The molecule has 0 N–H and O–H groups in total. The monoisotopic (exact) mass is 423 g/mol. The Morgan fingerprint density at radius 1 is 0.485 bits per heavy atom. The van der Waals surface area contributed by atoms with Crippen molar-refractivity contribution in [2.75, 3.05) is 4.90 Å². The third-order valence-electron chi connectivity index (χ3n) is 5.91. The van der Waals surface area contributed by atoms with Gasteiger partial charge >= 0.3 is 0 Å². The normalized spacial score (nSPS) is 11.6. The Labute approximate surface area is 193 Å². The molecule has 3 nitrogen and oxygen atoms in total. The second-order valence-corrected chi connectivity index (χ2v) is 7.96. The number of rotatable bonds is 4. The van der Waals surface area contributed by atoms with Crippen molar-refractivity contribution >= 4 is 28.7 Å². The summed E-state index contributed by atoms with van der Waals surface area (Å²) in [5, 5.41) is 0. The first-order chi connectivity index (χ1) is 16.4. The topological polar surface area (TPSA) is 29.0 Å². The Hall–Kier alpha value is -4.50. The van der Waals surface area contributed by atoms with Gasteiger partial charge in [0.25, 0.3) is 0 Å². The van der Waals surface area contributed by atoms with Crippen LogP contribution in [0.5, 0.6) is 0 Å². The van der Waals surface area contributed by atoms with Gasteiger partial charge in [-0.3, -0.25) is 9.97 Å². The molecule has 6 rings (SSSR count). The molecule has 0 radical (unpaired) electrons. The van der Waals surface area contributed by atoms with E-state index in [1.807, 2.05) is 36.7 Å². The van der Waals surface area contributed by atoms with Gasteiger partial charge < -0.3 is 4.90 Å². The fourth-order valence-electron chi connectivity index (χ4n) is 4.41. The molecule has 0 spiro atoms. The largest absolute Gasteiger partial charge is 0.311 e. The molecular formula is C30H21N3. The third kappa shape index (κ3) is 3.50. The van der Waals surface area contributed by atoms with Gasteiger partial charge in [0, 0.05) is 40.6 Å². The number of hydrogen-bond acceptors (Lipinski definition) is 3. The molecule has 0 aliphatic heterocycles. The number of aromatic nitrogens is 2. The van der Waals surface area contributed by atoms with Gasteiger partial charge in [0.1, 0.15) is 0 Å². The van der Waals surface area contributed by atoms with Gasteiger partial charge in [-0.05, 0) is 65.7 Å². The molecule has 156 valence electrons. The number of anilines is 3. The maximum Gasteiger partial charge on any atom is 0.0971 e. The minimum atomic E-state index is 0.954. The summed E-state index contributed by atoms with van der Waals surface area (Å²) in [6.07, 6.45) is 5.89. The second kappa shape index (κ2) is 8.21. The molecule has 0 saturated carbocycles. The van der Waals surface area contributed by atoms with Crippen LogP contribution >= 0.6 is 0 Å². The molecule has 1 aliphatic rings. The van der Waals surface area contributed by atoms with E-state index in [9.17, 15) is 0 Å². The van der Waals surface area contributed by atoms with Crippen LogP contribution in [0.3, 0.4) is 0 Å². The van der Waals surface area contributed by atoms with Crippen molar-refractivity contribution in [3.05, 3.63) is 138 Å². The molecule has 2 heterocycles. The van der Waals surface area contributed by atoms with E-state index in [-0.39, 0.29) is 0 Å².